The van der Waals surface area contributed by atoms with Crippen molar-refractivity contribution in [2.45, 2.75) is 158 Å². The zero-order valence-corrected chi connectivity index (χ0v) is 35.7. The quantitative estimate of drug-likeness (QED) is 0.0736. The van der Waals surface area contributed by atoms with Gasteiger partial charge in [0, 0.05) is 21.0 Å². The van der Waals surface area contributed by atoms with Gasteiger partial charge in [0.1, 0.15) is 0 Å². The molecule has 2 aliphatic heterocycles. The summed E-state index contributed by atoms with van der Waals surface area (Å²) in [6.45, 7) is 13.1. The van der Waals surface area contributed by atoms with Gasteiger partial charge in [-0.3, -0.25) is 0 Å². The molecule has 286 valence electrons. The van der Waals surface area contributed by atoms with E-state index in [2.05, 4.69) is 99.9 Å². The molecule has 1 fully saturated rings. The fourth-order valence-corrected chi connectivity index (χ4v) is 11.4. The summed E-state index contributed by atoms with van der Waals surface area (Å²) in [5.41, 5.74) is 9.08. The fourth-order valence-electron chi connectivity index (χ4n) is 9.10. The molecule has 7 heteroatoms. The molecule has 0 amide bonds. The van der Waals surface area contributed by atoms with Crippen LogP contribution in [0.1, 0.15) is 143 Å². The standard InChI is InChI=1S/C47H58BBrO4S/c1-7-9-11-13-15-17-27-47(28-18-16-14-12-10-8-2)41-29-33(34-20-24-39-40-26-22-36(49)32-44(40)54(50,51)43(39)30-34)19-23-37(41)38-25-21-35(31-42(38)47)48-52-45(3,4)46(5,6)53-48/h19-26,29-32H,7-18,27-28H2,1-6H3. The SMILES string of the molecule is CCCCCCCCC1(CCCCCCCC)c2cc(B3OC(C)(C)C(C)(C)O3)ccc2-c2ccc(-c3ccc4c(c3)S(=O)(=O)c3cc(Br)ccc3-4)cc21. The molecule has 0 atom stereocenters. The summed E-state index contributed by atoms with van der Waals surface area (Å²) in [5, 5.41) is 0. The molecule has 0 radical (unpaired) electrons. The Bertz CT molecular complexity index is 2090. The second kappa shape index (κ2) is 15.7. The van der Waals surface area contributed by atoms with Crippen LogP contribution in [-0.2, 0) is 24.6 Å². The van der Waals surface area contributed by atoms with Crippen LogP contribution in [-0.4, -0.2) is 26.7 Å². The number of sulfone groups is 1. The number of rotatable bonds is 16. The average molecular weight is 810 g/mol. The molecule has 1 saturated heterocycles. The maximum Gasteiger partial charge on any atom is 0.494 e. The van der Waals surface area contributed by atoms with Gasteiger partial charge < -0.3 is 9.31 Å². The van der Waals surface area contributed by atoms with Crippen LogP contribution in [0.25, 0.3) is 33.4 Å². The Balaban J connectivity index is 1.31. The van der Waals surface area contributed by atoms with Crippen LogP contribution in [0.3, 0.4) is 0 Å². The molecule has 0 spiro atoms. The van der Waals surface area contributed by atoms with Crippen LogP contribution in [0.15, 0.2) is 87.1 Å². The molecule has 0 aromatic heterocycles. The highest BCUT2D eigenvalue weighted by molar-refractivity contribution is 9.10. The van der Waals surface area contributed by atoms with E-state index in [9.17, 15) is 8.42 Å². The summed E-state index contributed by atoms with van der Waals surface area (Å²) in [6, 6.07) is 25.4. The highest BCUT2D eigenvalue weighted by Crippen LogP contribution is 2.55. The molecule has 2 heterocycles. The number of halogens is 1. The van der Waals surface area contributed by atoms with E-state index < -0.39 is 28.2 Å². The first-order valence-corrected chi connectivity index (χ1v) is 22.9. The van der Waals surface area contributed by atoms with E-state index >= 15 is 0 Å². The average Bonchev–Trinajstić information content (AvgIpc) is 3.64. The van der Waals surface area contributed by atoms with Gasteiger partial charge in [-0.05, 0) is 104 Å². The molecule has 4 aromatic carbocycles. The van der Waals surface area contributed by atoms with Crippen molar-refractivity contribution < 1.29 is 17.7 Å². The van der Waals surface area contributed by atoms with Gasteiger partial charge in [-0.2, -0.15) is 0 Å². The summed E-state index contributed by atoms with van der Waals surface area (Å²) in [5.74, 6) is 0. The second-order valence-corrected chi connectivity index (χ2v) is 19.9. The van der Waals surface area contributed by atoms with Crippen molar-refractivity contribution >= 4 is 38.3 Å². The fraction of sp³-hybridized carbons (Fsp3) is 0.489. The minimum Gasteiger partial charge on any atom is -0.399 e. The van der Waals surface area contributed by atoms with E-state index in [1.165, 1.54) is 99.3 Å². The van der Waals surface area contributed by atoms with Crippen molar-refractivity contribution in [1.82, 2.24) is 0 Å². The highest BCUT2D eigenvalue weighted by atomic mass is 79.9. The third kappa shape index (κ3) is 7.21. The lowest BCUT2D eigenvalue weighted by Gasteiger charge is -2.33. The molecule has 4 nitrogen and oxygen atoms in total. The Labute approximate surface area is 334 Å². The van der Waals surface area contributed by atoms with Gasteiger partial charge in [-0.15, -0.1) is 0 Å². The summed E-state index contributed by atoms with van der Waals surface area (Å²) < 4.78 is 41.7. The Kier molecular flexibility index (Phi) is 11.5. The molecule has 3 aliphatic rings. The molecule has 0 saturated carbocycles. The molecule has 4 aromatic rings. The first-order valence-electron chi connectivity index (χ1n) is 20.7. The van der Waals surface area contributed by atoms with Crippen molar-refractivity contribution in [2.75, 3.05) is 0 Å². The zero-order valence-electron chi connectivity index (χ0n) is 33.3. The van der Waals surface area contributed by atoms with E-state index in [1.54, 1.807) is 6.07 Å². The van der Waals surface area contributed by atoms with Crippen molar-refractivity contribution in [3.05, 3.63) is 88.4 Å². The topological polar surface area (TPSA) is 52.6 Å². The van der Waals surface area contributed by atoms with Crippen molar-refractivity contribution in [2.24, 2.45) is 0 Å². The van der Waals surface area contributed by atoms with Gasteiger partial charge in [0.15, 0.2) is 0 Å². The largest absolute Gasteiger partial charge is 0.494 e. The molecule has 0 bridgehead atoms. The maximum atomic E-state index is 13.9. The Morgan fingerprint density at radius 2 is 1.02 bits per heavy atom. The monoisotopic (exact) mass is 808 g/mol. The Hall–Kier alpha value is -2.71. The zero-order chi connectivity index (χ0) is 38.3. The van der Waals surface area contributed by atoms with Crippen LogP contribution in [0.5, 0.6) is 0 Å². The van der Waals surface area contributed by atoms with E-state index in [0.717, 1.165) is 45.0 Å². The molecule has 0 N–H and O–H groups in total. The van der Waals surface area contributed by atoms with Crippen LogP contribution >= 0.6 is 15.9 Å². The lowest BCUT2D eigenvalue weighted by molar-refractivity contribution is 0.00578. The predicted molar refractivity (Wildman–Crippen MR) is 228 cm³/mol. The van der Waals surface area contributed by atoms with Gasteiger partial charge >= 0.3 is 7.12 Å². The van der Waals surface area contributed by atoms with Crippen molar-refractivity contribution in [3.8, 4) is 33.4 Å². The Morgan fingerprint density at radius 3 is 1.61 bits per heavy atom. The van der Waals surface area contributed by atoms with Gasteiger partial charge in [0.05, 0.1) is 21.0 Å². The molecular weight excluding hydrogens is 751 g/mol. The van der Waals surface area contributed by atoms with Gasteiger partial charge in [-0.25, -0.2) is 8.42 Å². The minimum absolute atomic E-state index is 0.152. The van der Waals surface area contributed by atoms with E-state index in [-0.39, 0.29) is 5.41 Å². The number of unbranched alkanes of at least 4 members (excludes halogenated alkanes) is 10. The van der Waals surface area contributed by atoms with E-state index in [4.69, 9.17) is 9.31 Å². The normalized spacial score (nSPS) is 18.0. The number of hydrogen-bond donors (Lipinski definition) is 0. The molecule has 0 unspecified atom stereocenters. The lowest BCUT2D eigenvalue weighted by Crippen LogP contribution is -2.41. The Morgan fingerprint density at radius 1 is 0.556 bits per heavy atom. The van der Waals surface area contributed by atoms with Crippen LogP contribution < -0.4 is 5.46 Å². The van der Waals surface area contributed by atoms with Crippen molar-refractivity contribution in [1.29, 1.82) is 0 Å². The summed E-state index contributed by atoms with van der Waals surface area (Å²) in [6.07, 6.45) is 17.2. The first-order chi connectivity index (χ1) is 25.8. The van der Waals surface area contributed by atoms with E-state index in [0.29, 0.717) is 9.79 Å². The summed E-state index contributed by atoms with van der Waals surface area (Å²) in [7, 11) is -4.04. The number of fused-ring (bicyclic) bond motifs is 6. The van der Waals surface area contributed by atoms with Crippen LogP contribution in [0.2, 0.25) is 0 Å². The third-order valence-corrected chi connectivity index (χ3v) is 15.3. The molecule has 1 aliphatic carbocycles. The minimum atomic E-state index is -3.62. The summed E-state index contributed by atoms with van der Waals surface area (Å²) in [4.78, 5) is 0.775. The third-order valence-electron chi connectivity index (χ3n) is 13.0. The van der Waals surface area contributed by atoms with Crippen molar-refractivity contribution in [3.63, 3.8) is 0 Å². The van der Waals surface area contributed by atoms with Gasteiger partial charge in [0.2, 0.25) is 9.84 Å². The highest BCUT2D eigenvalue weighted by Gasteiger charge is 2.52. The summed E-state index contributed by atoms with van der Waals surface area (Å²) >= 11 is 3.49. The molecule has 54 heavy (non-hydrogen) atoms. The lowest BCUT2D eigenvalue weighted by atomic mass is 9.68. The molecular formula is C47H58BBrO4S. The second-order valence-electron chi connectivity index (χ2n) is 17.1. The predicted octanol–water partition coefficient (Wildman–Crippen LogP) is 13.0. The van der Waals surface area contributed by atoms with Crippen LogP contribution in [0.4, 0.5) is 0 Å². The van der Waals surface area contributed by atoms with Crippen LogP contribution in [0, 0.1) is 0 Å². The number of hydrogen-bond acceptors (Lipinski definition) is 4. The number of benzene rings is 4. The maximum absolute atomic E-state index is 13.9. The van der Waals surface area contributed by atoms with E-state index in [1.807, 2.05) is 24.3 Å². The smallest absolute Gasteiger partial charge is 0.399 e. The molecule has 7 rings (SSSR count). The van der Waals surface area contributed by atoms with Gasteiger partial charge in [-0.1, -0.05) is 155 Å². The van der Waals surface area contributed by atoms with Gasteiger partial charge in [0.25, 0.3) is 0 Å². The first kappa shape index (κ1) is 39.5.